The van der Waals surface area contributed by atoms with Crippen molar-refractivity contribution in [2.75, 3.05) is 26.2 Å². The van der Waals surface area contributed by atoms with Gasteiger partial charge in [-0.1, -0.05) is 12.1 Å². The van der Waals surface area contributed by atoms with E-state index in [1.165, 1.54) is 4.90 Å². The minimum atomic E-state index is -0.535. The van der Waals surface area contributed by atoms with Gasteiger partial charge in [0, 0.05) is 19.6 Å². The van der Waals surface area contributed by atoms with Gasteiger partial charge in [-0.2, -0.15) is 0 Å². The molecule has 0 saturated carbocycles. The van der Waals surface area contributed by atoms with Gasteiger partial charge in [-0.05, 0) is 18.6 Å². The molecule has 1 aromatic rings. The molecular weight excluding hydrogens is 258 g/mol. The Labute approximate surface area is 117 Å². The lowest BCUT2D eigenvalue weighted by Gasteiger charge is -2.26. The van der Waals surface area contributed by atoms with Crippen LogP contribution in [0.3, 0.4) is 0 Å². The molecule has 0 aromatic heterocycles. The molecule has 1 aliphatic heterocycles. The van der Waals surface area contributed by atoms with Crippen LogP contribution in [0.5, 0.6) is 5.75 Å². The molecule has 1 aliphatic rings. The van der Waals surface area contributed by atoms with Crippen LogP contribution in [0.15, 0.2) is 24.3 Å². The van der Waals surface area contributed by atoms with E-state index in [0.717, 1.165) is 0 Å². The standard InChI is InChI=1S/C14H15N3O3/c1-15-11-3-5-12(6-4-11)20-10-2-8-17-9-7-16-13(18)14(17)19/h3-6H,2,7-10H2,(H,16,18). The topological polar surface area (TPSA) is 63.0 Å². The molecule has 6 heteroatoms. The van der Waals surface area contributed by atoms with Crippen LogP contribution in [0.2, 0.25) is 0 Å². The molecular formula is C14H15N3O3. The number of carbonyl (C=O) groups is 2. The molecule has 1 saturated heterocycles. The molecule has 1 fully saturated rings. The van der Waals surface area contributed by atoms with Crippen molar-refractivity contribution < 1.29 is 14.3 Å². The highest BCUT2D eigenvalue weighted by Gasteiger charge is 2.25. The molecule has 1 N–H and O–H groups in total. The fourth-order valence-electron chi connectivity index (χ4n) is 1.90. The summed E-state index contributed by atoms with van der Waals surface area (Å²) in [4.78, 5) is 27.5. The maximum Gasteiger partial charge on any atom is 0.311 e. The van der Waals surface area contributed by atoms with Gasteiger partial charge in [-0.25, -0.2) is 4.85 Å². The maximum absolute atomic E-state index is 11.5. The number of nitrogens with zero attached hydrogens (tertiary/aromatic N) is 2. The third-order valence-electron chi connectivity index (χ3n) is 2.96. The molecule has 0 unspecified atom stereocenters. The minimum Gasteiger partial charge on any atom is -0.494 e. The van der Waals surface area contributed by atoms with Gasteiger partial charge in [0.15, 0.2) is 5.69 Å². The summed E-state index contributed by atoms with van der Waals surface area (Å²) in [6.45, 7) is 8.86. The molecule has 0 bridgehead atoms. The maximum atomic E-state index is 11.5. The first-order valence-corrected chi connectivity index (χ1v) is 6.38. The number of piperazine rings is 1. The molecule has 0 spiro atoms. The number of hydrogen-bond acceptors (Lipinski definition) is 3. The first kappa shape index (κ1) is 13.9. The van der Waals surface area contributed by atoms with Gasteiger partial charge in [-0.3, -0.25) is 9.59 Å². The van der Waals surface area contributed by atoms with E-state index in [-0.39, 0.29) is 0 Å². The Balaban J connectivity index is 1.72. The van der Waals surface area contributed by atoms with Gasteiger partial charge < -0.3 is 15.0 Å². The van der Waals surface area contributed by atoms with Crippen LogP contribution in [-0.2, 0) is 9.59 Å². The van der Waals surface area contributed by atoms with E-state index < -0.39 is 11.8 Å². The molecule has 2 rings (SSSR count). The summed E-state index contributed by atoms with van der Waals surface area (Å²) >= 11 is 0. The van der Waals surface area contributed by atoms with Crippen molar-refractivity contribution in [2.45, 2.75) is 6.42 Å². The average Bonchev–Trinajstić information content (AvgIpc) is 2.48. The second-order valence-corrected chi connectivity index (χ2v) is 4.36. The lowest BCUT2D eigenvalue weighted by molar-refractivity contribution is -0.148. The molecule has 20 heavy (non-hydrogen) atoms. The summed E-state index contributed by atoms with van der Waals surface area (Å²) in [5.74, 6) is -0.315. The summed E-state index contributed by atoms with van der Waals surface area (Å²) in [7, 11) is 0. The van der Waals surface area contributed by atoms with Crippen LogP contribution in [-0.4, -0.2) is 43.0 Å². The Bertz CT molecular complexity index is 534. The molecule has 1 aromatic carbocycles. The Kier molecular flexibility index (Phi) is 4.56. The van der Waals surface area contributed by atoms with Crippen molar-refractivity contribution >= 4 is 17.5 Å². The minimum absolute atomic E-state index is 0.461. The SMILES string of the molecule is [C-]#[N+]c1ccc(OCCCN2CCNC(=O)C2=O)cc1. The van der Waals surface area contributed by atoms with Gasteiger partial charge in [0.1, 0.15) is 5.75 Å². The lowest BCUT2D eigenvalue weighted by atomic mass is 10.3. The Morgan fingerprint density at radius 3 is 2.75 bits per heavy atom. The number of ether oxygens (including phenoxy) is 1. The van der Waals surface area contributed by atoms with Gasteiger partial charge in [-0.15, -0.1) is 0 Å². The first-order chi connectivity index (χ1) is 9.70. The third kappa shape index (κ3) is 3.48. The highest BCUT2D eigenvalue weighted by molar-refractivity contribution is 6.35. The quantitative estimate of drug-likeness (QED) is 0.494. The largest absolute Gasteiger partial charge is 0.494 e. The monoisotopic (exact) mass is 273 g/mol. The normalized spacial score (nSPS) is 14.7. The van der Waals surface area contributed by atoms with Crippen LogP contribution >= 0.6 is 0 Å². The van der Waals surface area contributed by atoms with E-state index in [1.807, 2.05) is 0 Å². The number of hydrogen-bond donors (Lipinski definition) is 1. The zero-order valence-electron chi connectivity index (χ0n) is 11.0. The molecule has 6 nitrogen and oxygen atoms in total. The van der Waals surface area contributed by atoms with Gasteiger partial charge in [0.25, 0.3) is 0 Å². The van der Waals surface area contributed by atoms with E-state index in [0.29, 0.717) is 44.1 Å². The van der Waals surface area contributed by atoms with E-state index >= 15 is 0 Å². The molecule has 104 valence electrons. The van der Waals surface area contributed by atoms with E-state index in [2.05, 4.69) is 10.2 Å². The predicted octanol–water partition coefficient (Wildman–Crippen LogP) is 0.965. The van der Waals surface area contributed by atoms with Crippen LogP contribution in [0.25, 0.3) is 4.85 Å². The van der Waals surface area contributed by atoms with Crippen LogP contribution in [0.1, 0.15) is 6.42 Å². The Morgan fingerprint density at radius 1 is 1.30 bits per heavy atom. The van der Waals surface area contributed by atoms with E-state index in [1.54, 1.807) is 24.3 Å². The van der Waals surface area contributed by atoms with Crippen molar-refractivity contribution in [1.82, 2.24) is 10.2 Å². The van der Waals surface area contributed by atoms with Gasteiger partial charge in [0.05, 0.1) is 13.2 Å². The number of carbonyl (C=O) groups excluding carboxylic acids is 2. The first-order valence-electron chi connectivity index (χ1n) is 6.38. The molecule has 2 amide bonds. The van der Waals surface area contributed by atoms with E-state index in [4.69, 9.17) is 11.3 Å². The van der Waals surface area contributed by atoms with Crippen LogP contribution in [0, 0.1) is 6.57 Å². The zero-order chi connectivity index (χ0) is 14.4. The van der Waals surface area contributed by atoms with E-state index in [9.17, 15) is 9.59 Å². The predicted molar refractivity (Wildman–Crippen MR) is 72.4 cm³/mol. The van der Waals surface area contributed by atoms with Crippen LogP contribution < -0.4 is 10.1 Å². The number of nitrogens with one attached hydrogen (secondary N) is 1. The van der Waals surface area contributed by atoms with Gasteiger partial charge >= 0.3 is 11.8 Å². The summed E-state index contributed by atoms with van der Waals surface area (Å²) in [6.07, 6.45) is 0.656. The highest BCUT2D eigenvalue weighted by Crippen LogP contribution is 2.17. The van der Waals surface area contributed by atoms with Crippen molar-refractivity contribution in [3.63, 3.8) is 0 Å². The Hall–Kier alpha value is -2.55. The summed E-state index contributed by atoms with van der Waals surface area (Å²) < 4.78 is 5.52. The number of rotatable bonds is 5. The third-order valence-corrected chi connectivity index (χ3v) is 2.96. The smallest absolute Gasteiger partial charge is 0.311 e. The summed E-state index contributed by atoms with van der Waals surface area (Å²) in [5, 5.41) is 2.50. The van der Waals surface area contributed by atoms with Crippen LogP contribution in [0.4, 0.5) is 5.69 Å². The lowest BCUT2D eigenvalue weighted by Crippen LogP contribution is -2.52. The highest BCUT2D eigenvalue weighted by atomic mass is 16.5. The van der Waals surface area contributed by atoms with Gasteiger partial charge in [0.2, 0.25) is 0 Å². The molecule has 0 atom stereocenters. The summed E-state index contributed by atoms with van der Waals surface area (Å²) in [5.41, 5.74) is 0.572. The number of benzene rings is 1. The zero-order valence-corrected chi connectivity index (χ0v) is 11.0. The second-order valence-electron chi connectivity index (χ2n) is 4.36. The van der Waals surface area contributed by atoms with Crippen molar-refractivity contribution in [3.05, 3.63) is 35.7 Å². The average molecular weight is 273 g/mol. The Morgan fingerprint density at radius 2 is 2.05 bits per heavy atom. The second kappa shape index (κ2) is 6.57. The molecule has 0 aliphatic carbocycles. The molecule has 0 radical (unpaired) electrons. The van der Waals surface area contributed by atoms with Crippen molar-refractivity contribution in [2.24, 2.45) is 0 Å². The summed E-state index contributed by atoms with van der Waals surface area (Å²) in [6, 6.07) is 6.88. The van der Waals surface area contributed by atoms with Crippen molar-refractivity contribution in [1.29, 1.82) is 0 Å². The molecule has 1 heterocycles. The van der Waals surface area contributed by atoms with Crippen molar-refractivity contribution in [3.8, 4) is 5.75 Å². The fourth-order valence-corrected chi connectivity index (χ4v) is 1.90. The number of amides is 2. The fraction of sp³-hybridized carbons (Fsp3) is 0.357.